The summed E-state index contributed by atoms with van der Waals surface area (Å²) in [7, 11) is 0. The predicted molar refractivity (Wildman–Crippen MR) is 66.6 cm³/mol. The molecule has 4 saturated carbocycles. The molecule has 0 aromatic heterocycles. The van der Waals surface area contributed by atoms with Gasteiger partial charge in [0.2, 0.25) is 0 Å². The first-order chi connectivity index (χ1) is 7.71. The van der Waals surface area contributed by atoms with Gasteiger partial charge in [-0.1, -0.05) is 40.0 Å². The van der Waals surface area contributed by atoms with Gasteiger partial charge in [0.15, 0.2) is 0 Å². The average Bonchev–Trinajstić information content (AvgIpc) is 3.14. The summed E-state index contributed by atoms with van der Waals surface area (Å²) in [6, 6.07) is 2.25. The topological polar surface area (TPSA) is 23.8 Å². The van der Waals surface area contributed by atoms with Crippen molar-refractivity contribution in [3.05, 3.63) is 5.92 Å². The molecular weight excluding hydrogens is 233 g/mol. The number of rotatable bonds is 0. The molecule has 0 aromatic carbocycles. The maximum atomic E-state index is 8.42. The van der Waals surface area contributed by atoms with E-state index in [1.807, 2.05) is 13.8 Å². The molecule has 0 heterocycles. The fraction of sp³-hybridized carbons (Fsp3) is 0.867. The van der Waals surface area contributed by atoms with Crippen LogP contribution in [0.3, 0.4) is 0 Å². The van der Waals surface area contributed by atoms with E-state index in [2.05, 4.69) is 13.0 Å². The van der Waals surface area contributed by atoms with Crippen LogP contribution in [-0.4, -0.2) is 0 Å². The Morgan fingerprint density at radius 3 is 1.76 bits per heavy atom. The second-order valence-corrected chi connectivity index (χ2v) is 5.87. The van der Waals surface area contributed by atoms with Crippen molar-refractivity contribution in [3.8, 4) is 6.07 Å². The third kappa shape index (κ3) is 3.31. The SMILES string of the molecule is CC.CC1CC12CC2.N#C[C-]1CC12CCC2.[K+]. The van der Waals surface area contributed by atoms with Crippen molar-refractivity contribution >= 4 is 0 Å². The third-order valence-corrected chi connectivity index (χ3v) is 4.97. The van der Waals surface area contributed by atoms with E-state index in [1.54, 1.807) is 19.3 Å². The molecule has 4 aliphatic carbocycles. The van der Waals surface area contributed by atoms with Crippen LogP contribution in [0.1, 0.15) is 65.7 Å². The zero-order chi connectivity index (χ0) is 11.8. The molecule has 0 radical (unpaired) electrons. The fourth-order valence-electron chi connectivity index (χ4n) is 2.94. The molecule has 0 bridgehead atoms. The minimum Gasteiger partial charge on any atom is -0.274 e. The monoisotopic (exact) mass is 257 g/mol. The summed E-state index contributed by atoms with van der Waals surface area (Å²) in [5.41, 5.74) is 1.45. The van der Waals surface area contributed by atoms with Crippen LogP contribution in [0.25, 0.3) is 0 Å². The van der Waals surface area contributed by atoms with Crippen molar-refractivity contribution in [2.24, 2.45) is 16.7 Å². The first-order valence-electron chi connectivity index (χ1n) is 6.97. The van der Waals surface area contributed by atoms with E-state index in [1.165, 1.54) is 25.2 Å². The molecule has 1 atom stereocenters. The second kappa shape index (κ2) is 5.97. The van der Waals surface area contributed by atoms with Crippen LogP contribution in [-0.2, 0) is 0 Å². The van der Waals surface area contributed by atoms with Gasteiger partial charge in [0.05, 0.1) is 0 Å². The van der Waals surface area contributed by atoms with E-state index in [0.29, 0.717) is 5.41 Å². The van der Waals surface area contributed by atoms with Crippen molar-refractivity contribution in [1.29, 1.82) is 5.26 Å². The van der Waals surface area contributed by atoms with Crippen LogP contribution in [0.2, 0.25) is 0 Å². The van der Waals surface area contributed by atoms with Gasteiger partial charge in [0.1, 0.15) is 0 Å². The van der Waals surface area contributed by atoms with E-state index in [9.17, 15) is 0 Å². The Morgan fingerprint density at radius 2 is 1.71 bits per heavy atom. The molecule has 2 heteroatoms. The molecule has 17 heavy (non-hydrogen) atoms. The van der Waals surface area contributed by atoms with E-state index in [0.717, 1.165) is 17.8 Å². The van der Waals surface area contributed by atoms with Crippen molar-refractivity contribution < 1.29 is 51.4 Å². The summed E-state index contributed by atoms with van der Waals surface area (Å²) in [6.45, 7) is 6.37. The summed E-state index contributed by atoms with van der Waals surface area (Å²) in [5, 5.41) is 8.42. The Morgan fingerprint density at radius 1 is 1.18 bits per heavy atom. The van der Waals surface area contributed by atoms with Crippen LogP contribution in [0.15, 0.2) is 0 Å². The fourth-order valence-corrected chi connectivity index (χ4v) is 2.94. The van der Waals surface area contributed by atoms with Gasteiger partial charge in [-0.3, -0.25) is 5.92 Å². The maximum Gasteiger partial charge on any atom is 1.00 e. The van der Waals surface area contributed by atoms with Crippen LogP contribution in [0.4, 0.5) is 0 Å². The van der Waals surface area contributed by atoms with Gasteiger partial charge < -0.3 is 0 Å². The number of hydrogen-bond donors (Lipinski definition) is 0. The zero-order valence-electron chi connectivity index (χ0n) is 12.0. The minimum atomic E-state index is 0. The van der Waals surface area contributed by atoms with Gasteiger partial charge in [0, 0.05) is 0 Å². The van der Waals surface area contributed by atoms with Crippen molar-refractivity contribution in [3.63, 3.8) is 0 Å². The first-order valence-corrected chi connectivity index (χ1v) is 6.97. The van der Waals surface area contributed by atoms with Crippen LogP contribution in [0.5, 0.6) is 0 Å². The molecular formula is C15H24KN. The first kappa shape index (κ1) is 16.1. The standard InChI is InChI=1S/C7H8N.C6H10.C2H6.K/c8-5-6-4-7(6)2-1-3-7;1-5-4-6(5)2-3-6;1-2;/h1-4H2;5H,2-4H2,1H3;1-2H3;/q-1;;;+1. The second-order valence-electron chi connectivity index (χ2n) is 5.87. The quantitative estimate of drug-likeness (QED) is 0.476. The Kier molecular flexibility index (Phi) is 5.63. The Labute approximate surface area is 149 Å². The summed E-state index contributed by atoms with van der Waals surface area (Å²) in [5.74, 6) is 2.28. The molecule has 4 fully saturated rings. The molecule has 4 aliphatic rings. The van der Waals surface area contributed by atoms with Gasteiger partial charge in [-0.2, -0.15) is 11.8 Å². The minimum absolute atomic E-state index is 0. The average molecular weight is 257 g/mol. The number of nitrogens with zero attached hydrogens (tertiary/aromatic N) is 1. The molecule has 2 spiro atoms. The molecule has 1 unspecified atom stereocenters. The molecule has 0 aromatic rings. The number of nitriles is 1. The van der Waals surface area contributed by atoms with Crippen molar-refractivity contribution in [2.45, 2.75) is 65.7 Å². The summed E-state index contributed by atoms with van der Waals surface area (Å²) >= 11 is 0. The third-order valence-electron chi connectivity index (χ3n) is 4.97. The predicted octanol–water partition coefficient (Wildman–Crippen LogP) is 1.50. The molecule has 90 valence electrons. The van der Waals surface area contributed by atoms with E-state index >= 15 is 0 Å². The Hall–Kier alpha value is 0.996. The van der Waals surface area contributed by atoms with E-state index in [4.69, 9.17) is 5.26 Å². The largest absolute Gasteiger partial charge is 1.00 e. The molecule has 0 amide bonds. The summed E-state index contributed by atoms with van der Waals surface area (Å²) in [6.07, 6.45) is 9.73. The van der Waals surface area contributed by atoms with Crippen LogP contribution >= 0.6 is 0 Å². The van der Waals surface area contributed by atoms with Crippen LogP contribution in [0, 0.1) is 34.0 Å². The normalized spacial score (nSPS) is 30.5. The molecule has 4 rings (SSSR count). The number of hydrogen-bond acceptors (Lipinski definition) is 1. The summed E-state index contributed by atoms with van der Waals surface area (Å²) < 4.78 is 0. The van der Waals surface area contributed by atoms with Crippen LogP contribution < -0.4 is 51.4 Å². The maximum absolute atomic E-state index is 8.42. The Balaban J connectivity index is 0.000000145. The molecule has 0 aliphatic heterocycles. The van der Waals surface area contributed by atoms with E-state index < -0.39 is 0 Å². The summed E-state index contributed by atoms with van der Waals surface area (Å²) in [4.78, 5) is 0. The smallest absolute Gasteiger partial charge is 0.274 e. The Bertz CT molecular complexity index is 297. The van der Waals surface area contributed by atoms with Gasteiger partial charge in [0.25, 0.3) is 0 Å². The van der Waals surface area contributed by atoms with Gasteiger partial charge in [-0.25, -0.2) is 5.26 Å². The molecule has 0 N–H and O–H groups in total. The zero-order valence-corrected chi connectivity index (χ0v) is 15.1. The van der Waals surface area contributed by atoms with Gasteiger partial charge in [-0.15, -0.1) is 6.07 Å². The van der Waals surface area contributed by atoms with Gasteiger partial charge >= 0.3 is 51.4 Å². The molecule has 0 saturated heterocycles. The van der Waals surface area contributed by atoms with Gasteiger partial charge in [-0.05, 0) is 30.6 Å². The molecule has 1 nitrogen and oxygen atoms in total. The van der Waals surface area contributed by atoms with Crippen molar-refractivity contribution in [1.82, 2.24) is 0 Å². The van der Waals surface area contributed by atoms with Crippen molar-refractivity contribution in [2.75, 3.05) is 0 Å². The van der Waals surface area contributed by atoms with E-state index in [-0.39, 0.29) is 51.4 Å².